The maximum absolute atomic E-state index is 13.7. The van der Waals surface area contributed by atoms with Gasteiger partial charge in [0.05, 0.1) is 31.1 Å². The van der Waals surface area contributed by atoms with Crippen LogP contribution in [0.15, 0.2) is 70.3 Å². The third-order valence-corrected chi connectivity index (χ3v) is 5.21. The van der Waals surface area contributed by atoms with Gasteiger partial charge in [-0.2, -0.15) is 0 Å². The summed E-state index contributed by atoms with van der Waals surface area (Å²) in [5.74, 6) is -1.40. The molecule has 0 spiro atoms. The zero-order chi connectivity index (χ0) is 22.8. The number of benzene rings is 3. The van der Waals surface area contributed by atoms with Crippen LogP contribution in [0, 0.1) is 11.6 Å². The highest BCUT2D eigenvalue weighted by Crippen LogP contribution is 2.16. The lowest BCUT2D eigenvalue weighted by atomic mass is 10.1. The third-order valence-electron chi connectivity index (χ3n) is 5.21. The molecule has 0 aliphatic heterocycles. The molecule has 0 amide bonds. The molecule has 0 unspecified atom stereocenters. The van der Waals surface area contributed by atoms with Gasteiger partial charge in [-0.3, -0.25) is 18.7 Å². The highest BCUT2D eigenvalue weighted by Gasteiger charge is 2.15. The molecule has 4 rings (SSSR count). The van der Waals surface area contributed by atoms with Gasteiger partial charge in [-0.15, -0.1) is 0 Å². The molecule has 0 fully saturated rings. The first-order valence-electron chi connectivity index (χ1n) is 9.70. The number of aromatic nitrogens is 2. The van der Waals surface area contributed by atoms with E-state index in [0.717, 1.165) is 16.7 Å². The topological polar surface area (TPSA) is 70.3 Å². The van der Waals surface area contributed by atoms with Crippen LogP contribution in [0.1, 0.15) is 21.5 Å². The summed E-state index contributed by atoms with van der Waals surface area (Å²) in [7, 11) is 1.53. The Bertz CT molecular complexity index is 1440. The predicted octanol–water partition coefficient (Wildman–Crippen LogP) is 3.36. The first kappa shape index (κ1) is 21.2. The minimum Gasteiger partial charge on any atom is -0.497 e. The van der Waals surface area contributed by atoms with Crippen LogP contribution in [-0.4, -0.2) is 22.5 Å². The van der Waals surface area contributed by atoms with E-state index in [1.807, 2.05) is 0 Å². The average Bonchev–Trinajstić information content (AvgIpc) is 2.81. The fraction of sp³-hybridized carbons (Fsp3) is 0.125. The summed E-state index contributed by atoms with van der Waals surface area (Å²) in [5.41, 5.74) is 0.453. The van der Waals surface area contributed by atoms with E-state index in [0.29, 0.717) is 28.7 Å². The second-order valence-electron chi connectivity index (χ2n) is 7.25. The molecule has 0 aliphatic carbocycles. The Morgan fingerprint density at radius 1 is 0.844 bits per heavy atom. The second kappa shape index (κ2) is 8.58. The fourth-order valence-corrected chi connectivity index (χ4v) is 3.54. The maximum atomic E-state index is 13.7. The number of hydrogen-bond donors (Lipinski definition) is 0. The number of rotatable bonds is 6. The minimum atomic E-state index is -1.03. The number of carbonyl (C=O) groups is 1. The van der Waals surface area contributed by atoms with Gasteiger partial charge in [0, 0.05) is 5.56 Å². The first-order chi connectivity index (χ1) is 15.4. The monoisotopic (exact) mass is 436 g/mol. The number of hydrogen-bond acceptors (Lipinski definition) is 4. The van der Waals surface area contributed by atoms with Crippen molar-refractivity contribution in [3.8, 4) is 5.75 Å². The smallest absolute Gasteiger partial charge is 0.332 e. The Labute approximate surface area is 180 Å². The SMILES string of the molecule is COc1ccc(Cn2c(=O)c3cc(C=O)ccc3n(Cc3ccc(F)c(F)c3)c2=O)cc1. The van der Waals surface area contributed by atoms with Gasteiger partial charge in [-0.1, -0.05) is 18.2 Å². The highest BCUT2D eigenvalue weighted by atomic mass is 19.2. The lowest BCUT2D eigenvalue weighted by Crippen LogP contribution is -2.40. The first-order valence-corrected chi connectivity index (χ1v) is 9.70. The summed E-state index contributed by atoms with van der Waals surface area (Å²) < 4.78 is 34.5. The van der Waals surface area contributed by atoms with Crippen LogP contribution >= 0.6 is 0 Å². The number of ether oxygens (including phenoxy) is 1. The van der Waals surface area contributed by atoms with Crippen molar-refractivity contribution in [2.45, 2.75) is 13.1 Å². The van der Waals surface area contributed by atoms with Gasteiger partial charge in [-0.25, -0.2) is 13.6 Å². The Balaban J connectivity index is 1.90. The summed E-state index contributed by atoms with van der Waals surface area (Å²) in [6.07, 6.45) is 0.609. The van der Waals surface area contributed by atoms with Crippen LogP contribution in [0.5, 0.6) is 5.75 Å². The van der Waals surface area contributed by atoms with Crippen LogP contribution in [-0.2, 0) is 13.1 Å². The molecule has 1 aromatic heterocycles. The normalized spacial score (nSPS) is 11.0. The largest absolute Gasteiger partial charge is 0.497 e. The Kier molecular flexibility index (Phi) is 5.68. The van der Waals surface area contributed by atoms with Crippen molar-refractivity contribution in [1.29, 1.82) is 0 Å². The van der Waals surface area contributed by atoms with E-state index in [4.69, 9.17) is 4.74 Å². The molecule has 0 saturated carbocycles. The van der Waals surface area contributed by atoms with E-state index in [-0.39, 0.29) is 24.0 Å². The molecule has 8 heteroatoms. The summed E-state index contributed by atoms with van der Waals surface area (Å²) in [5, 5.41) is 0.172. The molecule has 162 valence electrons. The van der Waals surface area contributed by atoms with Crippen molar-refractivity contribution < 1.29 is 18.3 Å². The van der Waals surface area contributed by atoms with E-state index in [1.54, 1.807) is 24.3 Å². The van der Waals surface area contributed by atoms with Crippen molar-refractivity contribution in [3.05, 3.63) is 110 Å². The number of nitrogens with zero attached hydrogens (tertiary/aromatic N) is 2. The van der Waals surface area contributed by atoms with Crippen LogP contribution < -0.4 is 16.0 Å². The summed E-state index contributed by atoms with van der Waals surface area (Å²) in [6.45, 7) is -0.101. The highest BCUT2D eigenvalue weighted by molar-refractivity contribution is 5.86. The molecule has 0 bridgehead atoms. The Morgan fingerprint density at radius 2 is 1.53 bits per heavy atom. The summed E-state index contributed by atoms with van der Waals surface area (Å²) >= 11 is 0. The van der Waals surface area contributed by atoms with Gasteiger partial charge < -0.3 is 4.74 Å². The Hall–Kier alpha value is -4.07. The quantitative estimate of drug-likeness (QED) is 0.435. The van der Waals surface area contributed by atoms with Gasteiger partial charge in [-0.05, 0) is 53.6 Å². The maximum Gasteiger partial charge on any atom is 0.332 e. The molecule has 0 N–H and O–H groups in total. The van der Waals surface area contributed by atoms with Crippen LogP contribution in [0.4, 0.5) is 8.78 Å². The summed E-state index contributed by atoms with van der Waals surface area (Å²) in [6, 6.07) is 14.7. The lowest BCUT2D eigenvalue weighted by Gasteiger charge is -2.15. The second-order valence-corrected chi connectivity index (χ2v) is 7.25. The molecule has 0 aliphatic rings. The number of methoxy groups -OCH3 is 1. The molecule has 0 atom stereocenters. The molecular weight excluding hydrogens is 418 g/mol. The number of aldehydes is 1. The fourth-order valence-electron chi connectivity index (χ4n) is 3.54. The molecule has 0 saturated heterocycles. The average molecular weight is 436 g/mol. The van der Waals surface area contributed by atoms with Crippen LogP contribution in [0.3, 0.4) is 0 Å². The van der Waals surface area contributed by atoms with E-state index in [2.05, 4.69) is 0 Å². The van der Waals surface area contributed by atoms with Crippen molar-refractivity contribution >= 4 is 17.2 Å². The van der Waals surface area contributed by atoms with Gasteiger partial charge >= 0.3 is 5.69 Å². The zero-order valence-corrected chi connectivity index (χ0v) is 17.0. The van der Waals surface area contributed by atoms with E-state index in [1.165, 1.54) is 35.9 Å². The zero-order valence-electron chi connectivity index (χ0n) is 17.0. The lowest BCUT2D eigenvalue weighted by molar-refractivity contribution is 0.112. The molecule has 32 heavy (non-hydrogen) atoms. The van der Waals surface area contributed by atoms with E-state index in [9.17, 15) is 23.2 Å². The minimum absolute atomic E-state index is 0.0132. The molecule has 1 heterocycles. The number of carbonyl (C=O) groups excluding carboxylic acids is 1. The van der Waals surface area contributed by atoms with Crippen molar-refractivity contribution in [3.63, 3.8) is 0 Å². The van der Waals surface area contributed by atoms with E-state index >= 15 is 0 Å². The van der Waals surface area contributed by atoms with E-state index < -0.39 is 22.9 Å². The van der Waals surface area contributed by atoms with Crippen LogP contribution in [0.25, 0.3) is 10.9 Å². The van der Waals surface area contributed by atoms with Crippen molar-refractivity contribution in [2.24, 2.45) is 0 Å². The standard InChI is InChI=1S/C24H18F2N2O4/c1-32-18-6-2-15(3-7-18)12-28-23(30)19-10-17(14-29)5-9-22(19)27(24(28)31)13-16-4-8-20(25)21(26)11-16/h2-11,14H,12-13H2,1H3. The number of halogens is 2. The Morgan fingerprint density at radius 3 is 2.19 bits per heavy atom. The van der Waals surface area contributed by atoms with Gasteiger partial charge in [0.1, 0.15) is 12.0 Å². The van der Waals surface area contributed by atoms with Gasteiger partial charge in [0.15, 0.2) is 11.6 Å². The van der Waals surface area contributed by atoms with Gasteiger partial charge in [0.25, 0.3) is 5.56 Å². The third kappa shape index (κ3) is 3.94. The molecule has 4 aromatic rings. The number of fused-ring (bicyclic) bond motifs is 1. The molecule has 3 aromatic carbocycles. The van der Waals surface area contributed by atoms with Crippen molar-refractivity contribution in [1.82, 2.24) is 9.13 Å². The predicted molar refractivity (Wildman–Crippen MR) is 115 cm³/mol. The molecule has 6 nitrogen and oxygen atoms in total. The molecular formula is C24H18F2N2O4. The van der Waals surface area contributed by atoms with Crippen LogP contribution in [0.2, 0.25) is 0 Å². The van der Waals surface area contributed by atoms with Crippen molar-refractivity contribution in [2.75, 3.05) is 7.11 Å². The molecule has 0 radical (unpaired) electrons. The van der Waals surface area contributed by atoms with Gasteiger partial charge in [0.2, 0.25) is 0 Å². The summed E-state index contributed by atoms with van der Waals surface area (Å²) in [4.78, 5) is 37.7.